The molecule has 0 spiro atoms. The summed E-state index contributed by atoms with van der Waals surface area (Å²) in [5, 5.41) is 0. The smallest absolute Gasteiger partial charge is 0.0706 e. The van der Waals surface area contributed by atoms with Gasteiger partial charge in [0.25, 0.3) is 0 Å². The highest BCUT2D eigenvalue weighted by Gasteiger charge is 2.23. The molecule has 2 fully saturated rings. The summed E-state index contributed by atoms with van der Waals surface area (Å²) >= 11 is 0. The van der Waals surface area contributed by atoms with Gasteiger partial charge in [-0.3, -0.25) is 0 Å². The fourth-order valence-electron chi connectivity index (χ4n) is 2.14. The molecule has 2 saturated heterocycles. The number of likely N-dealkylation sites (tertiary alicyclic amines) is 1. The van der Waals surface area contributed by atoms with Crippen LogP contribution >= 0.6 is 0 Å². The van der Waals surface area contributed by atoms with Crippen molar-refractivity contribution in [2.75, 3.05) is 33.4 Å². The predicted octanol–water partition coefficient (Wildman–Crippen LogP) is 1.28. The van der Waals surface area contributed by atoms with Crippen LogP contribution in [0.5, 0.6) is 0 Å². The Morgan fingerprint density at radius 3 is 2.67 bits per heavy atom. The van der Waals surface area contributed by atoms with Crippen LogP contribution in [0.15, 0.2) is 11.1 Å². The highest BCUT2D eigenvalue weighted by molar-refractivity contribution is 5.23. The first kappa shape index (κ1) is 8.27. The summed E-state index contributed by atoms with van der Waals surface area (Å²) in [5.41, 5.74) is 3.26. The van der Waals surface area contributed by atoms with E-state index < -0.39 is 0 Å². The molecular weight excluding hydrogens is 150 g/mol. The van der Waals surface area contributed by atoms with Gasteiger partial charge in [-0.05, 0) is 25.0 Å². The van der Waals surface area contributed by atoms with Crippen molar-refractivity contribution >= 4 is 0 Å². The van der Waals surface area contributed by atoms with E-state index in [0.717, 1.165) is 19.1 Å². The normalized spacial score (nSPS) is 32.0. The van der Waals surface area contributed by atoms with Crippen LogP contribution in [-0.4, -0.2) is 38.3 Å². The Morgan fingerprint density at radius 2 is 2.17 bits per heavy atom. The molecule has 0 aromatic rings. The number of piperidine rings is 1. The van der Waals surface area contributed by atoms with Crippen LogP contribution in [0.25, 0.3) is 0 Å². The number of hydrogen-bond acceptors (Lipinski definition) is 2. The number of hydrogen-bond donors (Lipinski definition) is 0. The average Bonchev–Trinajstić information content (AvgIpc) is 1.91. The predicted molar refractivity (Wildman–Crippen MR) is 49.1 cm³/mol. The minimum Gasteiger partial charge on any atom is -0.373 e. The number of ether oxygens (including phenoxy) is 1. The molecule has 68 valence electrons. The fraction of sp³-hybridized carbons (Fsp3) is 0.800. The summed E-state index contributed by atoms with van der Waals surface area (Å²) in [7, 11) is 2.20. The Bertz CT molecular complexity index is 204. The van der Waals surface area contributed by atoms with E-state index in [-0.39, 0.29) is 0 Å². The Labute approximate surface area is 74.2 Å². The Kier molecular flexibility index (Phi) is 2.20. The standard InChI is InChI=1S/C10H17NO/c1-8-5-11(2)4-3-10(8)9-6-12-7-9/h8H,3-7H2,1-2H3/t8-/m0/s1. The highest BCUT2D eigenvalue weighted by Crippen LogP contribution is 2.27. The van der Waals surface area contributed by atoms with Gasteiger partial charge in [-0.15, -0.1) is 0 Å². The van der Waals surface area contributed by atoms with Gasteiger partial charge in [-0.1, -0.05) is 12.5 Å². The molecule has 2 nitrogen and oxygen atoms in total. The largest absolute Gasteiger partial charge is 0.373 e. The van der Waals surface area contributed by atoms with Gasteiger partial charge in [0.05, 0.1) is 13.2 Å². The third-order valence-corrected chi connectivity index (χ3v) is 2.95. The molecule has 2 rings (SSSR count). The van der Waals surface area contributed by atoms with Crippen LogP contribution < -0.4 is 0 Å². The molecule has 2 aliphatic rings. The zero-order valence-corrected chi connectivity index (χ0v) is 7.97. The zero-order valence-electron chi connectivity index (χ0n) is 7.97. The van der Waals surface area contributed by atoms with Crippen molar-refractivity contribution in [1.29, 1.82) is 0 Å². The summed E-state index contributed by atoms with van der Waals surface area (Å²) < 4.78 is 5.19. The first-order valence-corrected chi connectivity index (χ1v) is 4.74. The van der Waals surface area contributed by atoms with Gasteiger partial charge in [0.2, 0.25) is 0 Å². The molecule has 1 atom stereocenters. The summed E-state index contributed by atoms with van der Waals surface area (Å²) in [6.07, 6.45) is 1.26. The molecular formula is C10H17NO. The van der Waals surface area contributed by atoms with Crippen molar-refractivity contribution in [3.05, 3.63) is 11.1 Å². The molecule has 0 unspecified atom stereocenters. The summed E-state index contributed by atoms with van der Waals surface area (Å²) in [4.78, 5) is 2.41. The maximum Gasteiger partial charge on any atom is 0.0706 e. The Balaban J connectivity index is 2.07. The second-order valence-corrected chi connectivity index (χ2v) is 4.03. The zero-order chi connectivity index (χ0) is 8.55. The lowest BCUT2D eigenvalue weighted by molar-refractivity contribution is 0.0967. The highest BCUT2D eigenvalue weighted by atomic mass is 16.5. The van der Waals surface area contributed by atoms with E-state index >= 15 is 0 Å². The van der Waals surface area contributed by atoms with E-state index in [1.807, 2.05) is 0 Å². The molecule has 0 aromatic heterocycles. The van der Waals surface area contributed by atoms with Crippen LogP contribution in [0.4, 0.5) is 0 Å². The monoisotopic (exact) mass is 167 g/mol. The van der Waals surface area contributed by atoms with Gasteiger partial charge >= 0.3 is 0 Å². The molecule has 0 radical (unpaired) electrons. The van der Waals surface area contributed by atoms with Crippen LogP contribution in [0.1, 0.15) is 13.3 Å². The van der Waals surface area contributed by atoms with Crippen molar-refractivity contribution in [1.82, 2.24) is 4.90 Å². The van der Waals surface area contributed by atoms with Gasteiger partial charge in [0, 0.05) is 13.1 Å². The topological polar surface area (TPSA) is 12.5 Å². The van der Waals surface area contributed by atoms with Crippen LogP contribution in [-0.2, 0) is 4.74 Å². The Hall–Kier alpha value is -0.340. The van der Waals surface area contributed by atoms with Gasteiger partial charge in [-0.2, -0.15) is 0 Å². The van der Waals surface area contributed by atoms with Gasteiger partial charge < -0.3 is 9.64 Å². The van der Waals surface area contributed by atoms with Crippen molar-refractivity contribution in [3.8, 4) is 0 Å². The molecule has 0 saturated carbocycles. The fourth-order valence-corrected chi connectivity index (χ4v) is 2.14. The third-order valence-electron chi connectivity index (χ3n) is 2.95. The lowest BCUT2D eigenvalue weighted by Gasteiger charge is -2.34. The molecule has 2 aliphatic heterocycles. The van der Waals surface area contributed by atoms with E-state index in [9.17, 15) is 0 Å². The van der Waals surface area contributed by atoms with Crippen molar-refractivity contribution < 1.29 is 4.74 Å². The second-order valence-electron chi connectivity index (χ2n) is 4.03. The van der Waals surface area contributed by atoms with E-state index in [1.54, 1.807) is 11.1 Å². The van der Waals surface area contributed by atoms with Crippen LogP contribution in [0.2, 0.25) is 0 Å². The van der Waals surface area contributed by atoms with Crippen molar-refractivity contribution in [3.63, 3.8) is 0 Å². The average molecular weight is 167 g/mol. The maximum absolute atomic E-state index is 5.19. The number of nitrogens with zero attached hydrogens (tertiary/aromatic N) is 1. The minimum atomic E-state index is 0.752. The van der Waals surface area contributed by atoms with E-state index in [1.165, 1.54) is 19.5 Å². The molecule has 0 amide bonds. The van der Waals surface area contributed by atoms with Crippen LogP contribution in [0, 0.1) is 5.92 Å². The molecule has 0 aliphatic carbocycles. The second kappa shape index (κ2) is 3.19. The number of rotatable bonds is 0. The lowest BCUT2D eigenvalue weighted by Crippen LogP contribution is -2.35. The first-order valence-electron chi connectivity index (χ1n) is 4.74. The van der Waals surface area contributed by atoms with E-state index in [2.05, 4.69) is 18.9 Å². The van der Waals surface area contributed by atoms with E-state index in [0.29, 0.717) is 0 Å². The molecule has 2 heteroatoms. The van der Waals surface area contributed by atoms with Crippen molar-refractivity contribution in [2.24, 2.45) is 5.92 Å². The lowest BCUT2D eigenvalue weighted by atomic mass is 9.88. The van der Waals surface area contributed by atoms with Gasteiger partial charge in [-0.25, -0.2) is 0 Å². The molecule has 0 N–H and O–H groups in total. The first-order chi connectivity index (χ1) is 5.77. The molecule has 2 heterocycles. The van der Waals surface area contributed by atoms with Gasteiger partial charge in [0.1, 0.15) is 0 Å². The molecule has 0 bridgehead atoms. The SMILES string of the molecule is C[C@H]1CN(C)CCC1=C1COC1. The summed E-state index contributed by atoms with van der Waals surface area (Å²) in [6.45, 7) is 6.59. The maximum atomic E-state index is 5.19. The van der Waals surface area contributed by atoms with Crippen LogP contribution in [0.3, 0.4) is 0 Å². The summed E-state index contributed by atoms with van der Waals surface area (Å²) in [5.74, 6) is 0.752. The minimum absolute atomic E-state index is 0.752. The van der Waals surface area contributed by atoms with Gasteiger partial charge in [0.15, 0.2) is 0 Å². The molecule has 12 heavy (non-hydrogen) atoms. The third kappa shape index (κ3) is 1.41. The van der Waals surface area contributed by atoms with E-state index in [4.69, 9.17) is 4.74 Å². The summed E-state index contributed by atoms with van der Waals surface area (Å²) in [6, 6.07) is 0. The molecule has 0 aromatic carbocycles. The van der Waals surface area contributed by atoms with Crippen molar-refractivity contribution in [2.45, 2.75) is 13.3 Å². The quantitative estimate of drug-likeness (QED) is 0.504. The Morgan fingerprint density at radius 1 is 1.42 bits per heavy atom.